The van der Waals surface area contributed by atoms with Crippen LogP contribution in [0.5, 0.6) is 0 Å². The van der Waals surface area contributed by atoms with E-state index in [2.05, 4.69) is 19.1 Å². The molecule has 0 bridgehead atoms. The Bertz CT molecular complexity index is 403. The lowest BCUT2D eigenvalue weighted by Crippen LogP contribution is -2.28. The second-order valence-corrected chi connectivity index (χ2v) is 4.74. The molecule has 1 nitrogen and oxygen atoms in total. The van der Waals surface area contributed by atoms with Gasteiger partial charge in [0.1, 0.15) is 0 Å². The molecule has 0 saturated heterocycles. The summed E-state index contributed by atoms with van der Waals surface area (Å²) < 4.78 is 0. The van der Waals surface area contributed by atoms with Crippen LogP contribution in [0.2, 0.25) is 0 Å². The number of hydrogen-bond acceptors (Lipinski definition) is 1. The molecule has 0 radical (unpaired) electrons. The molecule has 0 aromatic heterocycles. The summed E-state index contributed by atoms with van der Waals surface area (Å²) in [6.07, 6.45) is 3.40. The molecular weight excluding hydrogens is 184 g/mol. The molecule has 1 aliphatic carbocycles. The zero-order valence-electron chi connectivity index (χ0n) is 9.29. The minimum atomic E-state index is -0.00280. The summed E-state index contributed by atoms with van der Waals surface area (Å²) in [5.41, 5.74) is 2.46. The van der Waals surface area contributed by atoms with Crippen molar-refractivity contribution in [3.8, 4) is 0 Å². The molecule has 78 valence electrons. The highest BCUT2D eigenvalue weighted by Gasteiger charge is 2.32. The lowest BCUT2D eigenvalue weighted by Gasteiger charge is -2.32. The number of benzene rings is 1. The van der Waals surface area contributed by atoms with Crippen LogP contribution in [0.25, 0.3) is 0 Å². The standard InChI is InChI=1S/C14H16O/c1-11-8-13(15)10-14(2,9-11)12-6-4-3-5-7-12/h3-8H,9-10H2,1-2H3/t14-/m1/s1. The first kappa shape index (κ1) is 10.2. The molecule has 1 heteroatoms. The average molecular weight is 200 g/mol. The van der Waals surface area contributed by atoms with E-state index in [-0.39, 0.29) is 11.2 Å². The molecule has 0 spiro atoms. The van der Waals surface area contributed by atoms with Crippen molar-refractivity contribution in [1.29, 1.82) is 0 Å². The van der Waals surface area contributed by atoms with Crippen LogP contribution in [0.15, 0.2) is 42.0 Å². The molecule has 1 aliphatic rings. The predicted molar refractivity (Wildman–Crippen MR) is 61.8 cm³/mol. The predicted octanol–water partition coefficient (Wildman–Crippen LogP) is 3.25. The summed E-state index contributed by atoms with van der Waals surface area (Å²) in [6.45, 7) is 4.22. The van der Waals surface area contributed by atoms with E-state index in [1.165, 1.54) is 11.1 Å². The van der Waals surface area contributed by atoms with Crippen LogP contribution >= 0.6 is 0 Å². The Morgan fingerprint density at radius 2 is 1.80 bits per heavy atom. The van der Waals surface area contributed by atoms with E-state index in [4.69, 9.17) is 0 Å². The first-order valence-electron chi connectivity index (χ1n) is 5.36. The molecule has 0 N–H and O–H groups in total. The fraction of sp³-hybridized carbons (Fsp3) is 0.357. The summed E-state index contributed by atoms with van der Waals surface area (Å²) in [7, 11) is 0. The number of allylic oxidation sites excluding steroid dienone is 2. The largest absolute Gasteiger partial charge is 0.295 e. The molecule has 2 rings (SSSR count). The Hall–Kier alpha value is -1.37. The molecule has 1 aromatic carbocycles. The number of hydrogen-bond donors (Lipinski definition) is 0. The smallest absolute Gasteiger partial charge is 0.156 e. The number of carbonyl (C=O) groups is 1. The molecule has 15 heavy (non-hydrogen) atoms. The Morgan fingerprint density at radius 1 is 1.13 bits per heavy atom. The van der Waals surface area contributed by atoms with E-state index < -0.39 is 0 Å². The normalized spacial score (nSPS) is 26.3. The third kappa shape index (κ3) is 2.01. The van der Waals surface area contributed by atoms with Gasteiger partial charge in [-0.15, -0.1) is 0 Å². The lowest BCUT2D eigenvalue weighted by molar-refractivity contribution is -0.116. The van der Waals surface area contributed by atoms with E-state index >= 15 is 0 Å². The van der Waals surface area contributed by atoms with Gasteiger partial charge in [0.15, 0.2) is 5.78 Å². The zero-order valence-corrected chi connectivity index (χ0v) is 9.29. The molecule has 1 aromatic rings. The highest BCUT2D eigenvalue weighted by Crippen LogP contribution is 2.37. The molecule has 0 saturated carbocycles. The van der Waals surface area contributed by atoms with Gasteiger partial charge in [0.05, 0.1) is 0 Å². The molecule has 0 aliphatic heterocycles. The van der Waals surface area contributed by atoms with Crippen LogP contribution in [0, 0.1) is 0 Å². The highest BCUT2D eigenvalue weighted by molar-refractivity contribution is 5.92. The van der Waals surface area contributed by atoms with Crippen LogP contribution in [-0.4, -0.2) is 5.78 Å². The summed E-state index contributed by atoms with van der Waals surface area (Å²) in [6, 6.07) is 10.3. The van der Waals surface area contributed by atoms with E-state index in [1.54, 1.807) is 6.08 Å². The molecule has 0 unspecified atom stereocenters. The summed E-state index contributed by atoms with van der Waals surface area (Å²) in [5, 5.41) is 0. The van der Waals surface area contributed by atoms with Gasteiger partial charge in [0.2, 0.25) is 0 Å². The molecule has 1 atom stereocenters. The van der Waals surface area contributed by atoms with Crippen molar-refractivity contribution < 1.29 is 4.79 Å². The van der Waals surface area contributed by atoms with Crippen molar-refractivity contribution in [2.45, 2.75) is 32.1 Å². The van der Waals surface area contributed by atoms with Gasteiger partial charge in [-0.3, -0.25) is 4.79 Å². The molecule has 0 fully saturated rings. The first-order chi connectivity index (χ1) is 7.10. The molecular formula is C14H16O. The van der Waals surface area contributed by atoms with Crippen molar-refractivity contribution in [2.24, 2.45) is 0 Å². The minimum absolute atomic E-state index is 0.00280. The Morgan fingerprint density at radius 3 is 2.40 bits per heavy atom. The van der Waals surface area contributed by atoms with Crippen molar-refractivity contribution in [2.75, 3.05) is 0 Å². The topological polar surface area (TPSA) is 17.1 Å². The summed E-state index contributed by atoms with van der Waals surface area (Å²) in [5.74, 6) is 0.255. The van der Waals surface area contributed by atoms with Gasteiger partial charge in [-0.2, -0.15) is 0 Å². The number of ketones is 1. The number of rotatable bonds is 1. The van der Waals surface area contributed by atoms with Gasteiger partial charge >= 0.3 is 0 Å². The fourth-order valence-corrected chi connectivity index (χ4v) is 2.48. The zero-order chi connectivity index (χ0) is 10.9. The van der Waals surface area contributed by atoms with Crippen LogP contribution in [-0.2, 0) is 10.2 Å². The van der Waals surface area contributed by atoms with E-state index in [1.807, 2.05) is 25.1 Å². The lowest BCUT2D eigenvalue weighted by atomic mass is 9.71. The van der Waals surface area contributed by atoms with E-state index in [9.17, 15) is 4.79 Å². The van der Waals surface area contributed by atoms with Crippen molar-refractivity contribution in [3.63, 3.8) is 0 Å². The maximum atomic E-state index is 11.6. The number of carbonyl (C=O) groups excluding carboxylic acids is 1. The quantitative estimate of drug-likeness (QED) is 0.680. The molecule has 0 heterocycles. The van der Waals surface area contributed by atoms with Gasteiger partial charge in [-0.05, 0) is 25.0 Å². The van der Waals surface area contributed by atoms with Crippen LogP contribution in [0.1, 0.15) is 32.3 Å². The summed E-state index contributed by atoms with van der Waals surface area (Å²) in [4.78, 5) is 11.6. The minimum Gasteiger partial charge on any atom is -0.295 e. The van der Waals surface area contributed by atoms with Crippen molar-refractivity contribution in [3.05, 3.63) is 47.5 Å². The Kier molecular flexibility index (Phi) is 2.47. The maximum absolute atomic E-state index is 11.6. The van der Waals surface area contributed by atoms with Gasteiger partial charge in [-0.25, -0.2) is 0 Å². The van der Waals surface area contributed by atoms with Crippen molar-refractivity contribution in [1.82, 2.24) is 0 Å². The van der Waals surface area contributed by atoms with Crippen LogP contribution < -0.4 is 0 Å². The third-order valence-corrected chi connectivity index (χ3v) is 3.11. The average Bonchev–Trinajstić information content (AvgIpc) is 2.17. The van der Waals surface area contributed by atoms with Gasteiger partial charge in [0, 0.05) is 11.8 Å². The molecule has 0 amide bonds. The Balaban J connectivity index is 2.37. The van der Waals surface area contributed by atoms with Gasteiger partial charge < -0.3 is 0 Å². The second kappa shape index (κ2) is 3.65. The first-order valence-corrected chi connectivity index (χ1v) is 5.36. The van der Waals surface area contributed by atoms with Crippen LogP contribution in [0.4, 0.5) is 0 Å². The second-order valence-electron chi connectivity index (χ2n) is 4.74. The monoisotopic (exact) mass is 200 g/mol. The maximum Gasteiger partial charge on any atom is 0.156 e. The Labute approximate surface area is 90.8 Å². The van der Waals surface area contributed by atoms with E-state index in [0.717, 1.165) is 6.42 Å². The third-order valence-electron chi connectivity index (χ3n) is 3.11. The van der Waals surface area contributed by atoms with Crippen LogP contribution in [0.3, 0.4) is 0 Å². The summed E-state index contributed by atoms with van der Waals surface area (Å²) >= 11 is 0. The van der Waals surface area contributed by atoms with Gasteiger partial charge in [-0.1, -0.05) is 42.8 Å². The highest BCUT2D eigenvalue weighted by atomic mass is 16.1. The fourth-order valence-electron chi connectivity index (χ4n) is 2.48. The van der Waals surface area contributed by atoms with E-state index in [0.29, 0.717) is 6.42 Å². The SMILES string of the molecule is CC1=CC(=O)C[C@](C)(c2ccccc2)C1. The van der Waals surface area contributed by atoms with Gasteiger partial charge in [0.25, 0.3) is 0 Å². The van der Waals surface area contributed by atoms with Crippen molar-refractivity contribution >= 4 is 5.78 Å².